The number of carbonyl (C=O) groups is 1. The molecule has 0 saturated heterocycles. The van der Waals surface area contributed by atoms with Crippen molar-refractivity contribution in [2.24, 2.45) is 0 Å². The quantitative estimate of drug-likeness (QED) is 0.785. The topological polar surface area (TPSA) is 58.1 Å². The summed E-state index contributed by atoms with van der Waals surface area (Å²) in [6.07, 6.45) is 0.0824. The van der Waals surface area contributed by atoms with Crippen molar-refractivity contribution in [2.75, 3.05) is 23.8 Å². The highest BCUT2D eigenvalue weighted by atomic mass is 35.5. The van der Waals surface area contributed by atoms with E-state index in [2.05, 4.69) is 22.2 Å². The van der Waals surface area contributed by atoms with Crippen molar-refractivity contribution in [3.8, 4) is 0 Å². The van der Waals surface area contributed by atoms with Gasteiger partial charge in [-0.1, -0.05) is 24.9 Å². The number of nitrogens with zero attached hydrogens (tertiary/aromatic N) is 3. The molecular weight excluding hydrogens is 369 g/mol. The zero-order valence-corrected chi connectivity index (χ0v) is 15.0. The van der Waals surface area contributed by atoms with Gasteiger partial charge in [-0.15, -0.1) is 0 Å². The van der Waals surface area contributed by atoms with Gasteiger partial charge in [-0.2, -0.15) is 13.2 Å². The molecule has 0 atom stereocenters. The van der Waals surface area contributed by atoms with E-state index in [-0.39, 0.29) is 11.3 Å². The van der Waals surface area contributed by atoms with Crippen molar-refractivity contribution < 1.29 is 18.0 Å². The first-order chi connectivity index (χ1) is 12.2. The molecule has 2 rings (SSSR count). The predicted octanol–water partition coefficient (Wildman–Crippen LogP) is 4.64. The molecule has 1 heterocycles. The first-order valence-electron chi connectivity index (χ1n) is 7.93. The maximum atomic E-state index is 12.9. The second-order valence-electron chi connectivity index (χ2n) is 5.69. The van der Waals surface area contributed by atoms with Crippen LogP contribution in [0.1, 0.15) is 35.7 Å². The summed E-state index contributed by atoms with van der Waals surface area (Å²) in [6.45, 7) is 2.86. The van der Waals surface area contributed by atoms with E-state index in [0.717, 1.165) is 31.5 Å². The van der Waals surface area contributed by atoms with Gasteiger partial charge < -0.3 is 10.2 Å². The van der Waals surface area contributed by atoms with Crippen LogP contribution in [0.25, 0.3) is 0 Å². The Hall–Kier alpha value is -2.35. The molecule has 26 heavy (non-hydrogen) atoms. The number of carbonyl (C=O) groups excluding carboxylic acids is 1. The highest BCUT2D eigenvalue weighted by molar-refractivity contribution is 6.31. The number of hydrogen-bond acceptors (Lipinski definition) is 4. The van der Waals surface area contributed by atoms with Crippen LogP contribution in [0.4, 0.5) is 24.8 Å². The van der Waals surface area contributed by atoms with Crippen LogP contribution in [0.2, 0.25) is 5.02 Å². The Kier molecular flexibility index (Phi) is 6.42. The molecule has 0 fully saturated rings. The van der Waals surface area contributed by atoms with Gasteiger partial charge in [0.05, 0.1) is 16.1 Å². The lowest BCUT2D eigenvalue weighted by atomic mass is 10.2. The van der Waals surface area contributed by atoms with Crippen LogP contribution >= 0.6 is 11.6 Å². The summed E-state index contributed by atoms with van der Waals surface area (Å²) < 4.78 is 38.6. The Bertz CT molecular complexity index is 766. The normalized spacial score (nSPS) is 11.3. The highest BCUT2D eigenvalue weighted by Gasteiger charge is 2.33. The second kappa shape index (κ2) is 8.35. The van der Waals surface area contributed by atoms with Crippen LogP contribution in [-0.2, 0) is 6.18 Å². The van der Waals surface area contributed by atoms with E-state index in [0.29, 0.717) is 5.95 Å². The molecule has 5 nitrogen and oxygen atoms in total. The highest BCUT2D eigenvalue weighted by Crippen LogP contribution is 2.36. The summed E-state index contributed by atoms with van der Waals surface area (Å²) in [7, 11) is 1.84. The van der Waals surface area contributed by atoms with Crippen LogP contribution in [0, 0.1) is 0 Å². The molecule has 0 saturated carbocycles. The van der Waals surface area contributed by atoms with Crippen molar-refractivity contribution in [1.82, 2.24) is 9.97 Å². The summed E-state index contributed by atoms with van der Waals surface area (Å²) in [5, 5.41) is 1.96. The average molecular weight is 387 g/mol. The zero-order chi connectivity index (χ0) is 19.3. The Morgan fingerprint density at radius 2 is 1.92 bits per heavy atom. The summed E-state index contributed by atoms with van der Waals surface area (Å²) in [5.74, 6) is -0.135. The van der Waals surface area contributed by atoms with Crippen molar-refractivity contribution in [1.29, 1.82) is 0 Å². The van der Waals surface area contributed by atoms with Crippen molar-refractivity contribution in [3.63, 3.8) is 0 Å². The maximum absolute atomic E-state index is 12.9. The average Bonchev–Trinajstić information content (AvgIpc) is 2.60. The minimum atomic E-state index is -4.61. The molecule has 9 heteroatoms. The SMILES string of the molecule is CCCCN(C)c1ncc(C(=O)Nc2ccc(Cl)c(C(F)(F)F)c2)cn1. The van der Waals surface area contributed by atoms with Crippen LogP contribution in [0.5, 0.6) is 0 Å². The van der Waals surface area contributed by atoms with Crippen LogP contribution in [-0.4, -0.2) is 29.5 Å². The fourth-order valence-electron chi connectivity index (χ4n) is 2.15. The molecule has 140 valence electrons. The molecule has 1 amide bonds. The van der Waals surface area contributed by atoms with Crippen molar-refractivity contribution in [2.45, 2.75) is 25.9 Å². The number of alkyl halides is 3. The lowest BCUT2D eigenvalue weighted by Crippen LogP contribution is -2.21. The van der Waals surface area contributed by atoms with Gasteiger partial charge in [0, 0.05) is 31.7 Å². The molecule has 0 aliphatic carbocycles. The lowest BCUT2D eigenvalue weighted by Gasteiger charge is -2.16. The van der Waals surface area contributed by atoms with Gasteiger partial charge >= 0.3 is 6.18 Å². The van der Waals surface area contributed by atoms with E-state index in [4.69, 9.17) is 11.6 Å². The number of anilines is 2. The third-order valence-electron chi connectivity index (χ3n) is 3.62. The van der Waals surface area contributed by atoms with Gasteiger partial charge in [-0.05, 0) is 24.6 Å². The third-order valence-corrected chi connectivity index (χ3v) is 3.95. The fourth-order valence-corrected chi connectivity index (χ4v) is 2.38. The van der Waals surface area contributed by atoms with E-state index in [1.807, 2.05) is 11.9 Å². The van der Waals surface area contributed by atoms with Gasteiger partial charge in [-0.3, -0.25) is 4.79 Å². The first-order valence-corrected chi connectivity index (χ1v) is 8.31. The lowest BCUT2D eigenvalue weighted by molar-refractivity contribution is -0.137. The number of unbranched alkanes of at least 4 members (excludes halogenated alkanes) is 1. The largest absolute Gasteiger partial charge is 0.417 e. The molecule has 0 bridgehead atoms. The molecule has 1 aromatic heterocycles. The Morgan fingerprint density at radius 3 is 2.50 bits per heavy atom. The van der Waals surface area contributed by atoms with Crippen LogP contribution < -0.4 is 10.2 Å². The minimum absolute atomic E-state index is 0.0177. The monoisotopic (exact) mass is 386 g/mol. The Morgan fingerprint density at radius 1 is 1.27 bits per heavy atom. The van der Waals surface area contributed by atoms with Crippen molar-refractivity contribution >= 4 is 29.1 Å². The first kappa shape index (κ1) is 20.0. The van der Waals surface area contributed by atoms with E-state index in [1.54, 1.807) is 0 Å². The van der Waals surface area contributed by atoms with Gasteiger partial charge in [0.15, 0.2) is 0 Å². The molecule has 2 aromatic rings. The van der Waals surface area contributed by atoms with Gasteiger partial charge in [0.2, 0.25) is 5.95 Å². The third kappa shape index (κ3) is 5.08. The summed E-state index contributed by atoms with van der Waals surface area (Å²) in [6, 6.07) is 3.17. The van der Waals surface area contributed by atoms with E-state index in [1.165, 1.54) is 18.5 Å². The number of benzene rings is 1. The predicted molar refractivity (Wildman–Crippen MR) is 94.6 cm³/mol. The molecule has 0 aliphatic rings. The van der Waals surface area contributed by atoms with E-state index >= 15 is 0 Å². The minimum Gasteiger partial charge on any atom is -0.344 e. The second-order valence-corrected chi connectivity index (χ2v) is 6.10. The number of rotatable bonds is 6. The van der Waals surface area contributed by atoms with E-state index in [9.17, 15) is 18.0 Å². The summed E-state index contributed by atoms with van der Waals surface area (Å²) >= 11 is 5.56. The molecular formula is C17H18ClF3N4O. The van der Waals surface area contributed by atoms with Gasteiger partial charge in [-0.25, -0.2) is 9.97 Å². The van der Waals surface area contributed by atoms with Gasteiger partial charge in [0.25, 0.3) is 5.91 Å². The Balaban J connectivity index is 2.11. The smallest absolute Gasteiger partial charge is 0.344 e. The molecule has 0 aliphatic heterocycles. The molecule has 0 spiro atoms. The van der Waals surface area contributed by atoms with Crippen LogP contribution in [0.15, 0.2) is 30.6 Å². The van der Waals surface area contributed by atoms with Crippen LogP contribution in [0.3, 0.4) is 0 Å². The Labute approximate surface area is 154 Å². The molecule has 1 N–H and O–H groups in total. The molecule has 0 radical (unpaired) electrons. The number of halogens is 4. The zero-order valence-electron chi connectivity index (χ0n) is 14.3. The fraction of sp³-hybridized carbons (Fsp3) is 0.353. The standard InChI is InChI=1S/C17H18ClF3N4O/c1-3-4-7-25(2)16-22-9-11(10-23-16)15(26)24-12-5-6-14(18)13(8-12)17(19,20)21/h5-6,8-10H,3-4,7H2,1-2H3,(H,24,26). The van der Waals surface area contributed by atoms with Crippen molar-refractivity contribution in [3.05, 3.63) is 46.7 Å². The number of nitrogens with one attached hydrogen (secondary N) is 1. The number of amides is 1. The van der Waals surface area contributed by atoms with E-state index < -0.39 is 22.7 Å². The van der Waals surface area contributed by atoms with Gasteiger partial charge in [0.1, 0.15) is 0 Å². The summed E-state index contributed by atoms with van der Waals surface area (Å²) in [5.41, 5.74) is -0.891. The maximum Gasteiger partial charge on any atom is 0.417 e. The number of aromatic nitrogens is 2. The molecule has 1 aromatic carbocycles. The molecule has 0 unspecified atom stereocenters. The summed E-state index contributed by atoms with van der Waals surface area (Å²) in [4.78, 5) is 22.3. The number of hydrogen-bond donors (Lipinski definition) is 1.